The molecule has 0 saturated carbocycles. The minimum atomic E-state index is -0.321. The third-order valence-electron chi connectivity index (χ3n) is 4.34. The number of hydrogen-bond acceptors (Lipinski definition) is 5. The van der Waals surface area contributed by atoms with Gasteiger partial charge in [-0.1, -0.05) is 0 Å². The van der Waals surface area contributed by atoms with Gasteiger partial charge in [0.2, 0.25) is 0 Å². The van der Waals surface area contributed by atoms with E-state index in [2.05, 4.69) is 10.3 Å². The maximum absolute atomic E-state index is 12.4. The van der Waals surface area contributed by atoms with Crippen LogP contribution in [0.2, 0.25) is 0 Å². The van der Waals surface area contributed by atoms with Crippen molar-refractivity contribution in [3.8, 4) is 0 Å². The molecule has 1 aliphatic rings. The molecular formula is C20H22N4O4. The van der Waals surface area contributed by atoms with Gasteiger partial charge in [-0.25, -0.2) is 4.98 Å². The predicted octanol–water partition coefficient (Wildman–Crippen LogP) is 1.51. The Bertz CT molecular complexity index is 857. The molecule has 2 aromatic rings. The first kappa shape index (κ1) is 19.5. The fourth-order valence-electron chi connectivity index (χ4n) is 2.74. The standard InChI is InChI=1S/C20H22N4O4/c1-23(2)20(27)17-8-7-16(13-21-17)22-18(25)14-3-5-15(6-4-14)19(26)24-9-11-28-12-10-24/h3-8,13H,9-12H2,1-2H3,(H,22,25). The van der Waals surface area contributed by atoms with Crippen LogP contribution in [0.25, 0.3) is 0 Å². The monoisotopic (exact) mass is 382 g/mol. The molecular weight excluding hydrogens is 360 g/mol. The maximum Gasteiger partial charge on any atom is 0.271 e. The normalized spacial score (nSPS) is 13.7. The highest BCUT2D eigenvalue weighted by molar-refractivity contribution is 6.05. The fourth-order valence-corrected chi connectivity index (χ4v) is 2.74. The number of morpholine rings is 1. The molecule has 0 bridgehead atoms. The van der Waals surface area contributed by atoms with E-state index in [0.717, 1.165) is 0 Å². The van der Waals surface area contributed by atoms with Crippen LogP contribution in [0, 0.1) is 0 Å². The Morgan fingerprint density at radius 2 is 1.64 bits per heavy atom. The van der Waals surface area contributed by atoms with Gasteiger partial charge in [0.1, 0.15) is 5.69 Å². The van der Waals surface area contributed by atoms with E-state index in [0.29, 0.717) is 48.8 Å². The lowest BCUT2D eigenvalue weighted by molar-refractivity contribution is 0.0303. The number of nitrogens with one attached hydrogen (secondary N) is 1. The molecule has 0 atom stereocenters. The van der Waals surface area contributed by atoms with E-state index in [1.165, 1.54) is 11.1 Å². The number of hydrogen-bond donors (Lipinski definition) is 1. The first-order valence-corrected chi connectivity index (χ1v) is 8.92. The van der Waals surface area contributed by atoms with E-state index >= 15 is 0 Å². The van der Waals surface area contributed by atoms with E-state index in [-0.39, 0.29) is 17.7 Å². The second-order valence-corrected chi connectivity index (χ2v) is 6.57. The summed E-state index contributed by atoms with van der Waals surface area (Å²) < 4.78 is 5.25. The van der Waals surface area contributed by atoms with Crippen LogP contribution in [-0.4, -0.2) is 72.9 Å². The van der Waals surface area contributed by atoms with Crippen molar-refractivity contribution in [2.75, 3.05) is 45.7 Å². The average Bonchev–Trinajstić information content (AvgIpc) is 2.74. The van der Waals surface area contributed by atoms with Crippen LogP contribution in [0.3, 0.4) is 0 Å². The van der Waals surface area contributed by atoms with Gasteiger partial charge >= 0.3 is 0 Å². The molecule has 0 unspecified atom stereocenters. The molecule has 3 rings (SSSR count). The summed E-state index contributed by atoms with van der Waals surface area (Å²) in [5.41, 5.74) is 1.74. The van der Waals surface area contributed by atoms with Gasteiger partial charge in [0.15, 0.2) is 0 Å². The number of anilines is 1. The zero-order chi connectivity index (χ0) is 20.1. The third kappa shape index (κ3) is 4.52. The summed E-state index contributed by atoms with van der Waals surface area (Å²) in [7, 11) is 3.29. The molecule has 0 radical (unpaired) electrons. The van der Waals surface area contributed by atoms with Crippen LogP contribution in [0.1, 0.15) is 31.2 Å². The first-order valence-electron chi connectivity index (χ1n) is 8.92. The minimum absolute atomic E-state index is 0.0689. The Balaban J connectivity index is 1.63. The molecule has 1 aromatic heterocycles. The molecule has 1 fully saturated rings. The molecule has 1 aliphatic heterocycles. The van der Waals surface area contributed by atoms with Crippen LogP contribution in [0.15, 0.2) is 42.6 Å². The minimum Gasteiger partial charge on any atom is -0.378 e. The third-order valence-corrected chi connectivity index (χ3v) is 4.34. The highest BCUT2D eigenvalue weighted by Gasteiger charge is 2.19. The number of ether oxygens (including phenoxy) is 1. The molecule has 3 amide bonds. The number of benzene rings is 1. The molecule has 8 nitrogen and oxygen atoms in total. The fraction of sp³-hybridized carbons (Fsp3) is 0.300. The van der Waals surface area contributed by atoms with Crippen LogP contribution in [0.4, 0.5) is 5.69 Å². The highest BCUT2D eigenvalue weighted by Crippen LogP contribution is 2.13. The Hall–Kier alpha value is -3.26. The number of aromatic nitrogens is 1. The number of carbonyl (C=O) groups is 3. The maximum atomic E-state index is 12.4. The van der Waals surface area contributed by atoms with Gasteiger partial charge in [-0.2, -0.15) is 0 Å². The van der Waals surface area contributed by atoms with E-state index in [1.54, 1.807) is 55.4 Å². The first-order chi connectivity index (χ1) is 13.5. The van der Waals surface area contributed by atoms with Crippen molar-refractivity contribution in [1.82, 2.24) is 14.8 Å². The molecule has 0 aliphatic carbocycles. The van der Waals surface area contributed by atoms with Gasteiger partial charge in [0, 0.05) is 38.3 Å². The van der Waals surface area contributed by atoms with E-state index < -0.39 is 0 Å². The van der Waals surface area contributed by atoms with Crippen molar-refractivity contribution in [2.45, 2.75) is 0 Å². The van der Waals surface area contributed by atoms with Gasteiger partial charge in [0.05, 0.1) is 25.1 Å². The number of amides is 3. The van der Waals surface area contributed by atoms with Gasteiger partial charge < -0.3 is 19.9 Å². The number of rotatable bonds is 4. The second-order valence-electron chi connectivity index (χ2n) is 6.57. The zero-order valence-electron chi connectivity index (χ0n) is 15.8. The quantitative estimate of drug-likeness (QED) is 0.865. The average molecular weight is 382 g/mol. The molecule has 2 heterocycles. The SMILES string of the molecule is CN(C)C(=O)c1ccc(NC(=O)c2ccc(C(=O)N3CCOCC3)cc2)cn1. The number of nitrogens with zero attached hydrogens (tertiary/aromatic N) is 3. The molecule has 1 aromatic carbocycles. The van der Waals surface area contributed by atoms with Gasteiger partial charge in [-0.15, -0.1) is 0 Å². The van der Waals surface area contributed by atoms with Gasteiger partial charge in [0.25, 0.3) is 17.7 Å². The summed E-state index contributed by atoms with van der Waals surface area (Å²) >= 11 is 0. The summed E-state index contributed by atoms with van der Waals surface area (Å²) in [5.74, 6) is -0.599. The van der Waals surface area contributed by atoms with Crippen LogP contribution >= 0.6 is 0 Å². The molecule has 1 saturated heterocycles. The lowest BCUT2D eigenvalue weighted by Crippen LogP contribution is -2.40. The zero-order valence-corrected chi connectivity index (χ0v) is 15.8. The van der Waals surface area contributed by atoms with Crippen molar-refractivity contribution in [3.63, 3.8) is 0 Å². The van der Waals surface area contributed by atoms with E-state index in [9.17, 15) is 14.4 Å². The Morgan fingerprint density at radius 3 is 2.21 bits per heavy atom. The molecule has 146 valence electrons. The number of carbonyl (C=O) groups excluding carboxylic acids is 3. The van der Waals surface area contributed by atoms with Gasteiger partial charge in [-0.3, -0.25) is 14.4 Å². The largest absolute Gasteiger partial charge is 0.378 e. The van der Waals surface area contributed by atoms with E-state index in [1.807, 2.05) is 0 Å². The predicted molar refractivity (Wildman–Crippen MR) is 103 cm³/mol. The summed E-state index contributed by atoms with van der Waals surface area (Å²) in [4.78, 5) is 43.9. The number of pyridine rings is 1. The summed E-state index contributed by atoms with van der Waals surface area (Å²) in [5, 5.41) is 2.73. The van der Waals surface area contributed by atoms with Crippen molar-refractivity contribution in [2.24, 2.45) is 0 Å². The van der Waals surface area contributed by atoms with Crippen LogP contribution in [-0.2, 0) is 4.74 Å². The van der Waals surface area contributed by atoms with E-state index in [4.69, 9.17) is 4.74 Å². The molecule has 8 heteroatoms. The van der Waals surface area contributed by atoms with Crippen LogP contribution < -0.4 is 5.32 Å². The molecule has 28 heavy (non-hydrogen) atoms. The van der Waals surface area contributed by atoms with Crippen molar-refractivity contribution in [1.29, 1.82) is 0 Å². The van der Waals surface area contributed by atoms with Crippen molar-refractivity contribution in [3.05, 3.63) is 59.4 Å². The highest BCUT2D eigenvalue weighted by atomic mass is 16.5. The molecule has 0 spiro atoms. The Kier molecular flexibility index (Phi) is 6.00. The lowest BCUT2D eigenvalue weighted by atomic mass is 10.1. The Morgan fingerprint density at radius 1 is 1.00 bits per heavy atom. The van der Waals surface area contributed by atoms with Gasteiger partial charge in [-0.05, 0) is 36.4 Å². The second kappa shape index (κ2) is 8.62. The van der Waals surface area contributed by atoms with Crippen molar-refractivity contribution >= 4 is 23.4 Å². The van der Waals surface area contributed by atoms with Crippen molar-refractivity contribution < 1.29 is 19.1 Å². The smallest absolute Gasteiger partial charge is 0.271 e. The van der Waals surface area contributed by atoms with Crippen LogP contribution in [0.5, 0.6) is 0 Å². The summed E-state index contributed by atoms with van der Waals surface area (Å²) in [6, 6.07) is 9.69. The Labute approximate surface area is 163 Å². The molecule has 1 N–H and O–H groups in total. The topological polar surface area (TPSA) is 91.8 Å². The summed E-state index contributed by atoms with van der Waals surface area (Å²) in [6.07, 6.45) is 1.44. The summed E-state index contributed by atoms with van der Waals surface area (Å²) in [6.45, 7) is 2.22. The lowest BCUT2D eigenvalue weighted by Gasteiger charge is -2.26.